The van der Waals surface area contributed by atoms with Gasteiger partial charge in [-0.15, -0.1) is 5.10 Å². The van der Waals surface area contributed by atoms with Crippen LogP contribution in [0, 0.1) is 0 Å². The third kappa shape index (κ3) is 3.83. The van der Waals surface area contributed by atoms with E-state index in [1.807, 2.05) is 18.2 Å². The van der Waals surface area contributed by atoms with E-state index in [-0.39, 0.29) is 24.8 Å². The van der Waals surface area contributed by atoms with Gasteiger partial charge in [0, 0.05) is 42.7 Å². The number of hydrogen-bond acceptors (Lipinski definition) is 8. The second kappa shape index (κ2) is 7.80. The lowest BCUT2D eigenvalue weighted by molar-refractivity contribution is -0.117. The maximum Gasteiger partial charge on any atom is 0.248 e. The molecule has 2 fully saturated rings. The molecule has 1 aliphatic heterocycles. The van der Waals surface area contributed by atoms with Gasteiger partial charge in [-0.1, -0.05) is 0 Å². The van der Waals surface area contributed by atoms with Gasteiger partial charge in [-0.2, -0.15) is 10.1 Å². The highest BCUT2D eigenvalue weighted by Gasteiger charge is 2.39. The quantitative estimate of drug-likeness (QED) is 0.410. The Labute approximate surface area is 187 Å². The van der Waals surface area contributed by atoms with Crippen LogP contribution in [0.25, 0.3) is 5.52 Å². The fourth-order valence-corrected chi connectivity index (χ4v) is 4.09. The van der Waals surface area contributed by atoms with Crippen molar-refractivity contribution < 1.29 is 9.18 Å². The lowest BCUT2D eigenvalue weighted by atomic mass is 10.2. The van der Waals surface area contributed by atoms with Crippen molar-refractivity contribution in [3.05, 3.63) is 48.7 Å². The average Bonchev–Trinajstić information content (AvgIpc) is 3.20. The molecule has 168 valence electrons. The largest absolute Gasteiger partial charge is 0.324 e. The number of rotatable bonds is 6. The highest BCUT2D eigenvalue weighted by molar-refractivity contribution is 5.96. The molecule has 5 heterocycles. The molecule has 33 heavy (non-hydrogen) atoms. The van der Waals surface area contributed by atoms with Crippen molar-refractivity contribution >= 4 is 34.8 Å². The van der Waals surface area contributed by atoms with Crippen LogP contribution in [0.2, 0.25) is 0 Å². The van der Waals surface area contributed by atoms with E-state index in [0.29, 0.717) is 23.4 Å². The topological polar surface area (TPSA) is 129 Å². The molecule has 0 spiro atoms. The summed E-state index contributed by atoms with van der Waals surface area (Å²) in [6.45, 7) is 0.0129. The summed E-state index contributed by atoms with van der Waals surface area (Å²) in [7, 11) is 0. The molecule has 6 rings (SSSR count). The Hall–Kier alpha value is -4.09. The van der Waals surface area contributed by atoms with Crippen molar-refractivity contribution in [2.24, 2.45) is 0 Å². The first-order valence-corrected chi connectivity index (χ1v) is 10.8. The Morgan fingerprint density at radius 3 is 2.97 bits per heavy atom. The highest BCUT2D eigenvalue weighted by Crippen LogP contribution is 2.39. The zero-order valence-electron chi connectivity index (χ0n) is 17.5. The van der Waals surface area contributed by atoms with E-state index in [2.05, 4.69) is 40.9 Å². The standard InChI is InChI=1S/C21H21FN10O/c22-13-8-16(20(33)26-18-10-23-5-6-24-18)31(11-13)21-27-19(15-2-1-7-32(15)30-21)25-17-9-14(28-29-17)12-3-4-12/h1-2,5-7,9-10,12-13,16H,3-4,8,11H2,(H,24,26,33)(H2,25,27,28,29,30)/t13-,16+/m1/s1. The van der Waals surface area contributed by atoms with Gasteiger partial charge in [0.2, 0.25) is 11.9 Å². The minimum absolute atomic E-state index is 0.0129. The Morgan fingerprint density at radius 2 is 2.15 bits per heavy atom. The number of hydrogen-bond donors (Lipinski definition) is 3. The summed E-state index contributed by atoms with van der Waals surface area (Å²) < 4.78 is 16.1. The van der Waals surface area contributed by atoms with E-state index in [9.17, 15) is 9.18 Å². The van der Waals surface area contributed by atoms with Crippen LogP contribution in [0.3, 0.4) is 0 Å². The normalized spacial score (nSPS) is 20.3. The van der Waals surface area contributed by atoms with E-state index in [4.69, 9.17) is 0 Å². The Kier molecular flexibility index (Phi) is 4.63. The summed E-state index contributed by atoms with van der Waals surface area (Å²) >= 11 is 0. The molecule has 0 bridgehead atoms. The zero-order valence-corrected chi connectivity index (χ0v) is 17.5. The first kappa shape index (κ1) is 19.6. The van der Waals surface area contributed by atoms with E-state index in [1.54, 1.807) is 15.6 Å². The first-order chi connectivity index (χ1) is 16.1. The molecule has 1 saturated carbocycles. The molecule has 4 aromatic rings. The van der Waals surface area contributed by atoms with Gasteiger partial charge in [0.1, 0.15) is 17.7 Å². The first-order valence-electron chi connectivity index (χ1n) is 10.8. The number of nitrogens with one attached hydrogen (secondary N) is 3. The van der Waals surface area contributed by atoms with Gasteiger partial charge in [0.05, 0.1) is 12.7 Å². The minimum Gasteiger partial charge on any atom is -0.324 e. The number of anilines is 4. The lowest BCUT2D eigenvalue weighted by Gasteiger charge is -2.23. The molecule has 1 saturated heterocycles. The van der Waals surface area contributed by atoms with Gasteiger partial charge >= 0.3 is 0 Å². The molecule has 11 nitrogen and oxygen atoms in total. The number of aromatic nitrogens is 7. The van der Waals surface area contributed by atoms with Crippen LogP contribution in [0.5, 0.6) is 0 Å². The van der Waals surface area contributed by atoms with Crippen molar-refractivity contribution in [1.29, 1.82) is 0 Å². The summed E-state index contributed by atoms with van der Waals surface area (Å²) in [6, 6.07) is 4.92. The maximum absolute atomic E-state index is 14.5. The SMILES string of the molecule is O=C(Nc1cnccn1)[C@@H]1C[C@@H](F)CN1c1nc(Nc2cc(C3CC3)[nH]n2)c2cccn2n1. The Balaban J connectivity index is 1.30. The van der Waals surface area contributed by atoms with Crippen LogP contribution >= 0.6 is 0 Å². The van der Waals surface area contributed by atoms with Crippen LogP contribution in [-0.2, 0) is 4.79 Å². The van der Waals surface area contributed by atoms with Crippen LogP contribution < -0.4 is 15.5 Å². The second-order valence-corrected chi connectivity index (χ2v) is 8.29. The molecule has 4 aromatic heterocycles. The van der Waals surface area contributed by atoms with Gasteiger partial charge in [-0.25, -0.2) is 13.9 Å². The van der Waals surface area contributed by atoms with Crippen LogP contribution in [0.1, 0.15) is 30.9 Å². The van der Waals surface area contributed by atoms with Gasteiger partial charge in [-0.3, -0.25) is 14.9 Å². The van der Waals surface area contributed by atoms with E-state index < -0.39 is 12.2 Å². The summed E-state index contributed by atoms with van der Waals surface area (Å²) in [5.41, 5.74) is 1.84. The summed E-state index contributed by atoms with van der Waals surface area (Å²) in [6.07, 6.45) is 7.39. The van der Waals surface area contributed by atoms with Crippen LogP contribution in [-0.4, -0.2) is 59.4 Å². The molecular formula is C21H21FN10O. The van der Waals surface area contributed by atoms with Crippen LogP contribution in [0.4, 0.5) is 27.8 Å². The van der Waals surface area contributed by atoms with Crippen molar-refractivity contribution in [3.63, 3.8) is 0 Å². The number of carbonyl (C=O) groups excluding carboxylic acids is 1. The predicted octanol–water partition coefficient (Wildman–Crippen LogP) is 2.42. The third-order valence-electron chi connectivity index (χ3n) is 5.87. The van der Waals surface area contributed by atoms with E-state index in [1.165, 1.54) is 31.4 Å². The molecular weight excluding hydrogens is 427 g/mol. The van der Waals surface area contributed by atoms with Crippen molar-refractivity contribution in [2.75, 3.05) is 22.1 Å². The number of H-pyrrole nitrogens is 1. The van der Waals surface area contributed by atoms with Crippen LogP contribution in [0.15, 0.2) is 43.0 Å². The number of aromatic amines is 1. The molecule has 1 aliphatic carbocycles. The molecule has 3 N–H and O–H groups in total. The molecule has 0 unspecified atom stereocenters. The maximum atomic E-state index is 14.5. The summed E-state index contributed by atoms with van der Waals surface area (Å²) in [4.78, 5) is 27.2. The molecule has 0 aromatic carbocycles. The minimum atomic E-state index is -1.18. The van der Waals surface area contributed by atoms with Crippen molar-refractivity contribution in [2.45, 2.75) is 37.4 Å². The fraction of sp³-hybridized carbons (Fsp3) is 0.333. The predicted molar refractivity (Wildman–Crippen MR) is 118 cm³/mol. The van der Waals surface area contributed by atoms with Crippen molar-refractivity contribution in [1.82, 2.24) is 34.8 Å². The smallest absolute Gasteiger partial charge is 0.248 e. The Morgan fingerprint density at radius 1 is 1.24 bits per heavy atom. The van der Waals surface area contributed by atoms with E-state index >= 15 is 0 Å². The summed E-state index contributed by atoms with van der Waals surface area (Å²) in [5.74, 6) is 1.88. The average molecular weight is 448 g/mol. The fourth-order valence-electron chi connectivity index (χ4n) is 4.09. The number of fused-ring (bicyclic) bond motifs is 1. The monoisotopic (exact) mass is 448 g/mol. The number of halogens is 1. The number of carbonyl (C=O) groups is 1. The lowest BCUT2D eigenvalue weighted by Crippen LogP contribution is -2.41. The molecule has 2 atom stereocenters. The van der Waals surface area contributed by atoms with Gasteiger partial charge in [0.25, 0.3) is 0 Å². The number of alkyl halides is 1. The number of nitrogens with zero attached hydrogens (tertiary/aromatic N) is 7. The third-order valence-corrected chi connectivity index (χ3v) is 5.87. The second-order valence-electron chi connectivity index (χ2n) is 8.29. The highest BCUT2D eigenvalue weighted by atomic mass is 19.1. The molecule has 1 amide bonds. The Bertz CT molecular complexity index is 1300. The molecule has 2 aliphatic rings. The van der Waals surface area contributed by atoms with Gasteiger partial charge in [0.15, 0.2) is 17.5 Å². The molecule has 0 radical (unpaired) electrons. The zero-order chi connectivity index (χ0) is 22.4. The van der Waals surface area contributed by atoms with Gasteiger partial charge < -0.3 is 15.5 Å². The summed E-state index contributed by atoms with van der Waals surface area (Å²) in [5, 5.41) is 17.9. The van der Waals surface area contributed by atoms with E-state index in [0.717, 1.165) is 11.2 Å². The van der Waals surface area contributed by atoms with Crippen molar-refractivity contribution in [3.8, 4) is 0 Å². The molecule has 12 heteroatoms. The number of amides is 1. The van der Waals surface area contributed by atoms with Gasteiger partial charge in [-0.05, 0) is 25.0 Å².